The number of nitrogens with zero attached hydrogens (tertiary/aromatic N) is 3. The molecule has 2 aliphatic heterocycles. The number of hydrogen-bond acceptors (Lipinski definition) is 6. The summed E-state index contributed by atoms with van der Waals surface area (Å²) in [4.78, 5) is 50.6. The first-order valence-electron chi connectivity index (χ1n) is 13.7. The summed E-state index contributed by atoms with van der Waals surface area (Å²) in [6.45, 7) is 8.39. The van der Waals surface area contributed by atoms with Gasteiger partial charge in [-0.05, 0) is 55.9 Å². The van der Waals surface area contributed by atoms with Crippen molar-refractivity contribution >= 4 is 17.9 Å². The van der Waals surface area contributed by atoms with Crippen molar-refractivity contribution in [2.24, 2.45) is 17.6 Å². The van der Waals surface area contributed by atoms with E-state index in [-0.39, 0.29) is 48.9 Å². The van der Waals surface area contributed by atoms with E-state index in [1.54, 1.807) is 4.90 Å². The van der Waals surface area contributed by atoms with Crippen molar-refractivity contribution in [2.75, 3.05) is 6.54 Å². The maximum Gasteiger partial charge on any atom is 0.436 e. The Bertz CT molecular complexity index is 947. The van der Waals surface area contributed by atoms with Crippen LogP contribution in [0.3, 0.4) is 0 Å². The van der Waals surface area contributed by atoms with Crippen molar-refractivity contribution in [3.05, 3.63) is 35.9 Å². The van der Waals surface area contributed by atoms with Crippen molar-refractivity contribution in [3.63, 3.8) is 0 Å². The van der Waals surface area contributed by atoms with Gasteiger partial charge in [0.25, 0.3) is 5.91 Å². The third-order valence-electron chi connectivity index (χ3n) is 7.57. The first-order valence-corrected chi connectivity index (χ1v) is 13.7. The minimum atomic E-state index is -0.845. The van der Waals surface area contributed by atoms with Crippen molar-refractivity contribution < 1.29 is 24.0 Å². The zero-order valence-electron chi connectivity index (χ0n) is 22.5. The molecule has 3 aliphatic rings. The van der Waals surface area contributed by atoms with Gasteiger partial charge in [-0.2, -0.15) is 5.06 Å². The molecule has 3 atom stereocenters. The molecule has 37 heavy (non-hydrogen) atoms. The molecule has 204 valence electrons. The molecule has 1 aromatic rings. The van der Waals surface area contributed by atoms with Crippen molar-refractivity contribution in [3.8, 4) is 0 Å². The van der Waals surface area contributed by atoms with E-state index in [2.05, 4.69) is 0 Å². The predicted molar refractivity (Wildman–Crippen MR) is 139 cm³/mol. The number of carbonyl (C=O) groups is 3. The number of rotatable bonds is 7. The van der Waals surface area contributed by atoms with E-state index in [0.717, 1.165) is 31.2 Å². The van der Waals surface area contributed by atoms with Crippen molar-refractivity contribution in [1.82, 2.24) is 14.9 Å². The first-order chi connectivity index (χ1) is 17.7. The van der Waals surface area contributed by atoms with E-state index in [9.17, 15) is 14.4 Å². The standard InChI is InChI=1S/C28H42N4O5/c1-18(2)14-23-26(33)30(22-12-10-21(29)11-13-22)16-25-31(23)27(34)24(15-19(3)4)37-32(25)28(35)36-17-20-8-6-5-7-9-20/h5-9,18-19,21-25H,10-17,29H2,1-4H3/t21?,22?,23-,24+,25?/m0/s1. The normalized spacial score (nSPS) is 28.6. The number of hydrogen-bond donors (Lipinski definition) is 1. The first kappa shape index (κ1) is 27.4. The molecule has 1 unspecified atom stereocenters. The van der Waals surface area contributed by atoms with Crippen LogP contribution in [0.5, 0.6) is 0 Å². The number of ether oxygens (including phenoxy) is 1. The van der Waals surface area contributed by atoms with E-state index in [1.807, 2.05) is 62.9 Å². The van der Waals surface area contributed by atoms with Crippen LogP contribution in [0.2, 0.25) is 0 Å². The lowest BCUT2D eigenvalue weighted by Gasteiger charge is -2.54. The summed E-state index contributed by atoms with van der Waals surface area (Å²) in [5, 5.41) is 1.22. The van der Waals surface area contributed by atoms with Gasteiger partial charge in [-0.15, -0.1) is 0 Å². The molecular weight excluding hydrogens is 472 g/mol. The number of amides is 3. The van der Waals surface area contributed by atoms with Crippen LogP contribution in [0.15, 0.2) is 30.3 Å². The van der Waals surface area contributed by atoms with Gasteiger partial charge in [-0.3, -0.25) is 14.4 Å². The van der Waals surface area contributed by atoms with Crippen LogP contribution >= 0.6 is 0 Å². The van der Waals surface area contributed by atoms with Crippen LogP contribution in [0, 0.1) is 11.8 Å². The number of benzene rings is 1. The van der Waals surface area contributed by atoms with Gasteiger partial charge < -0.3 is 20.3 Å². The fourth-order valence-corrected chi connectivity index (χ4v) is 5.70. The van der Waals surface area contributed by atoms with Gasteiger partial charge in [-0.25, -0.2) is 4.79 Å². The Morgan fingerprint density at radius 2 is 1.65 bits per heavy atom. The van der Waals surface area contributed by atoms with Crippen LogP contribution in [-0.4, -0.2) is 69.7 Å². The molecule has 0 bridgehead atoms. The SMILES string of the molecule is CC(C)C[C@H]1ON(C(=O)OCc2ccccc2)C2CN(C3CCC(N)CC3)C(=O)[C@H](CC(C)C)N2C1=O. The van der Waals surface area contributed by atoms with Gasteiger partial charge in [0, 0.05) is 12.1 Å². The van der Waals surface area contributed by atoms with Crippen LogP contribution in [0.1, 0.15) is 71.8 Å². The summed E-state index contributed by atoms with van der Waals surface area (Å²) in [7, 11) is 0. The lowest BCUT2D eigenvalue weighted by Crippen LogP contribution is -2.74. The van der Waals surface area contributed by atoms with E-state index in [1.165, 1.54) is 5.06 Å². The average Bonchev–Trinajstić information content (AvgIpc) is 2.86. The van der Waals surface area contributed by atoms with Crippen LogP contribution in [-0.2, 0) is 25.8 Å². The van der Waals surface area contributed by atoms with Gasteiger partial charge in [0.15, 0.2) is 12.3 Å². The van der Waals surface area contributed by atoms with Gasteiger partial charge in [-0.1, -0.05) is 58.0 Å². The topological polar surface area (TPSA) is 105 Å². The number of hydroxylamine groups is 2. The summed E-state index contributed by atoms with van der Waals surface area (Å²) in [5.74, 6) is 0.0865. The Kier molecular flexibility index (Phi) is 8.75. The number of piperazine rings is 1. The Balaban J connectivity index is 1.64. The predicted octanol–water partition coefficient (Wildman–Crippen LogP) is 3.67. The van der Waals surface area contributed by atoms with Crippen LogP contribution in [0.25, 0.3) is 0 Å². The lowest BCUT2D eigenvalue weighted by molar-refractivity contribution is -0.270. The lowest BCUT2D eigenvalue weighted by atomic mass is 9.88. The molecule has 2 heterocycles. The monoisotopic (exact) mass is 514 g/mol. The van der Waals surface area contributed by atoms with Crippen LogP contribution < -0.4 is 5.73 Å². The fraction of sp³-hybridized carbons (Fsp3) is 0.679. The second-order valence-electron chi connectivity index (χ2n) is 11.5. The Morgan fingerprint density at radius 1 is 1.00 bits per heavy atom. The summed E-state index contributed by atoms with van der Waals surface area (Å²) < 4.78 is 5.65. The molecule has 0 aromatic heterocycles. The Hall–Kier alpha value is -2.65. The highest BCUT2D eigenvalue weighted by atomic mass is 16.7. The summed E-state index contributed by atoms with van der Waals surface area (Å²) in [5.41, 5.74) is 6.99. The van der Waals surface area contributed by atoms with Gasteiger partial charge in [0.1, 0.15) is 12.6 Å². The molecule has 1 aliphatic carbocycles. The Labute approximate surface area is 220 Å². The van der Waals surface area contributed by atoms with Crippen LogP contribution in [0.4, 0.5) is 4.79 Å². The minimum Gasteiger partial charge on any atom is -0.443 e. The molecule has 0 radical (unpaired) electrons. The van der Waals surface area contributed by atoms with Gasteiger partial charge in [0.2, 0.25) is 5.91 Å². The fourth-order valence-electron chi connectivity index (χ4n) is 5.70. The van der Waals surface area contributed by atoms with Crippen molar-refractivity contribution in [1.29, 1.82) is 0 Å². The number of fused-ring (bicyclic) bond motifs is 1. The number of carbonyl (C=O) groups excluding carboxylic acids is 3. The highest BCUT2D eigenvalue weighted by molar-refractivity contribution is 5.92. The third kappa shape index (κ3) is 6.26. The largest absolute Gasteiger partial charge is 0.443 e. The second-order valence-corrected chi connectivity index (χ2v) is 11.5. The summed E-state index contributed by atoms with van der Waals surface area (Å²) in [6.07, 6.45) is 2.07. The molecular formula is C28H42N4O5. The number of nitrogens with two attached hydrogens (primary N) is 1. The molecule has 9 heteroatoms. The average molecular weight is 515 g/mol. The Morgan fingerprint density at radius 3 is 2.27 bits per heavy atom. The van der Waals surface area contributed by atoms with Crippen molar-refractivity contribution in [2.45, 2.75) is 103 Å². The third-order valence-corrected chi connectivity index (χ3v) is 7.57. The molecule has 9 nitrogen and oxygen atoms in total. The van der Waals surface area contributed by atoms with E-state index in [0.29, 0.717) is 12.8 Å². The summed E-state index contributed by atoms with van der Waals surface area (Å²) >= 11 is 0. The molecule has 3 amide bonds. The van der Waals surface area contributed by atoms with Gasteiger partial charge in [0.05, 0.1) is 6.54 Å². The quantitative estimate of drug-likeness (QED) is 0.595. The van der Waals surface area contributed by atoms with E-state index >= 15 is 0 Å². The zero-order chi connectivity index (χ0) is 26.7. The molecule has 4 rings (SSSR count). The molecule has 0 spiro atoms. The van der Waals surface area contributed by atoms with E-state index < -0.39 is 24.4 Å². The molecule has 1 aromatic carbocycles. The maximum atomic E-state index is 13.9. The molecule has 3 fully saturated rings. The molecule has 2 saturated heterocycles. The van der Waals surface area contributed by atoms with Gasteiger partial charge >= 0.3 is 6.09 Å². The minimum absolute atomic E-state index is 0.0368. The highest BCUT2D eigenvalue weighted by Crippen LogP contribution is 2.35. The molecule has 2 N–H and O–H groups in total. The summed E-state index contributed by atoms with van der Waals surface area (Å²) in [6, 6.07) is 8.98. The highest BCUT2D eigenvalue weighted by Gasteiger charge is 2.54. The van der Waals surface area contributed by atoms with E-state index in [4.69, 9.17) is 15.3 Å². The maximum absolute atomic E-state index is 13.9. The second kappa shape index (κ2) is 11.8. The molecule has 1 saturated carbocycles. The smallest absolute Gasteiger partial charge is 0.436 e. The zero-order valence-corrected chi connectivity index (χ0v) is 22.5.